The summed E-state index contributed by atoms with van der Waals surface area (Å²) in [6.07, 6.45) is 0. The number of nitriles is 1. The van der Waals surface area contributed by atoms with E-state index in [-0.39, 0.29) is 16.8 Å². The third-order valence-corrected chi connectivity index (χ3v) is 2.43. The lowest BCUT2D eigenvalue weighted by molar-refractivity contribution is 0.102. The van der Waals surface area contributed by atoms with Gasteiger partial charge in [-0.1, -0.05) is 6.07 Å². The highest BCUT2D eigenvalue weighted by atomic mass is 19.1. The fraction of sp³-hybridized carbons (Fsp3) is 0. The average molecular weight is 258 g/mol. The first-order valence-corrected chi connectivity index (χ1v) is 5.37. The van der Waals surface area contributed by atoms with Crippen LogP contribution in [0.15, 0.2) is 42.5 Å². The molecule has 0 heterocycles. The van der Waals surface area contributed by atoms with E-state index in [1.165, 1.54) is 30.3 Å². The molecule has 0 aliphatic heterocycles. The number of amides is 1. The molecule has 94 valence electrons. The van der Waals surface area contributed by atoms with Gasteiger partial charge in [0.25, 0.3) is 5.91 Å². The van der Waals surface area contributed by atoms with Crippen molar-refractivity contribution in [3.8, 4) is 6.07 Å². The van der Waals surface area contributed by atoms with Gasteiger partial charge in [-0.15, -0.1) is 0 Å². The van der Waals surface area contributed by atoms with E-state index in [1.807, 2.05) is 0 Å². The Balaban J connectivity index is 2.23. The van der Waals surface area contributed by atoms with E-state index in [1.54, 1.807) is 6.07 Å². The minimum absolute atomic E-state index is 0.125. The fourth-order valence-electron chi connectivity index (χ4n) is 1.53. The van der Waals surface area contributed by atoms with Crippen LogP contribution in [0, 0.1) is 23.0 Å². The number of rotatable bonds is 2. The summed E-state index contributed by atoms with van der Waals surface area (Å²) in [6.45, 7) is 0. The summed E-state index contributed by atoms with van der Waals surface area (Å²) in [5.41, 5.74) is 0.150. The minimum Gasteiger partial charge on any atom is -0.322 e. The highest BCUT2D eigenvalue weighted by Gasteiger charge is 2.12. The van der Waals surface area contributed by atoms with Crippen molar-refractivity contribution in [1.82, 2.24) is 0 Å². The zero-order valence-corrected chi connectivity index (χ0v) is 9.65. The predicted octanol–water partition coefficient (Wildman–Crippen LogP) is 3.09. The quantitative estimate of drug-likeness (QED) is 0.899. The Kier molecular flexibility index (Phi) is 3.53. The molecule has 0 saturated carbocycles. The monoisotopic (exact) mass is 258 g/mol. The third kappa shape index (κ3) is 2.93. The molecule has 0 unspecified atom stereocenters. The van der Waals surface area contributed by atoms with Crippen molar-refractivity contribution in [1.29, 1.82) is 5.26 Å². The van der Waals surface area contributed by atoms with Gasteiger partial charge in [0.1, 0.15) is 11.6 Å². The number of hydrogen-bond acceptors (Lipinski definition) is 2. The van der Waals surface area contributed by atoms with Crippen LogP contribution < -0.4 is 5.32 Å². The summed E-state index contributed by atoms with van der Waals surface area (Å²) >= 11 is 0. The van der Waals surface area contributed by atoms with Crippen molar-refractivity contribution in [3.05, 3.63) is 65.2 Å². The Labute approximate surface area is 108 Å². The van der Waals surface area contributed by atoms with Gasteiger partial charge in [-0.05, 0) is 36.4 Å². The van der Waals surface area contributed by atoms with Gasteiger partial charge in [0.05, 0.1) is 17.2 Å². The summed E-state index contributed by atoms with van der Waals surface area (Å²) in [5.74, 6) is -2.00. The van der Waals surface area contributed by atoms with Crippen molar-refractivity contribution in [2.45, 2.75) is 0 Å². The van der Waals surface area contributed by atoms with E-state index >= 15 is 0 Å². The molecule has 0 aromatic heterocycles. The maximum atomic E-state index is 13.6. The maximum absolute atomic E-state index is 13.6. The zero-order chi connectivity index (χ0) is 13.8. The number of halogens is 2. The Hall–Kier alpha value is -2.74. The van der Waals surface area contributed by atoms with E-state index < -0.39 is 17.5 Å². The van der Waals surface area contributed by atoms with Gasteiger partial charge in [0.2, 0.25) is 0 Å². The number of nitrogens with one attached hydrogen (secondary N) is 1. The number of nitrogens with zero attached hydrogens (tertiary/aromatic N) is 1. The van der Waals surface area contributed by atoms with Gasteiger partial charge in [-0.2, -0.15) is 5.26 Å². The van der Waals surface area contributed by atoms with Gasteiger partial charge in [0, 0.05) is 5.69 Å². The number of anilines is 1. The molecule has 5 heteroatoms. The van der Waals surface area contributed by atoms with Crippen molar-refractivity contribution < 1.29 is 13.6 Å². The van der Waals surface area contributed by atoms with Crippen LogP contribution in [0.25, 0.3) is 0 Å². The fourth-order valence-corrected chi connectivity index (χ4v) is 1.53. The Morgan fingerprint density at radius 2 is 1.95 bits per heavy atom. The molecule has 2 rings (SSSR count). The number of hydrogen-bond donors (Lipinski definition) is 1. The molecule has 0 spiro atoms. The topological polar surface area (TPSA) is 52.9 Å². The smallest absolute Gasteiger partial charge is 0.258 e. The normalized spacial score (nSPS) is 9.74. The van der Waals surface area contributed by atoms with Crippen LogP contribution >= 0.6 is 0 Å². The number of carbonyl (C=O) groups is 1. The van der Waals surface area contributed by atoms with Crippen molar-refractivity contribution >= 4 is 11.6 Å². The SMILES string of the molecule is N#Cc1ccc(C(=O)Nc2cccc(F)c2)c(F)c1. The number of carbonyl (C=O) groups excluding carboxylic acids is 1. The molecule has 0 radical (unpaired) electrons. The lowest BCUT2D eigenvalue weighted by Crippen LogP contribution is -2.13. The van der Waals surface area contributed by atoms with E-state index in [9.17, 15) is 13.6 Å². The predicted molar refractivity (Wildman–Crippen MR) is 65.5 cm³/mol. The second kappa shape index (κ2) is 5.27. The van der Waals surface area contributed by atoms with E-state index in [0.29, 0.717) is 0 Å². The second-order valence-corrected chi connectivity index (χ2v) is 3.77. The molecule has 0 atom stereocenters. The van der Waals surface area contributed by atoms with Gasteiger partial charge in [0.15, 0.2) is 0 Å². The van der Waals surface area contributed by atoms with Crippen molar-refractivity contribution in [3.63, 3.8) is 0 Å². The first-order valence-electron chi connectivity index (χ1n) is 5.37. The summed E-state index contributed by atoms with van der Waals surface area (Å²) in [5, 5.41) is 11.0. The van der Waals surface area contributed by atoms with Crippen LogP contribution in [-0.2, 0) is 0 Å². The molecular formula is C14H8F2N2O. The molecule has 19 heavy (non-hydrogen) atoms. The minimum atomic E-state index is -0.798. The lowest BCUT2D eigenvalue weighted by Gasteiger charge is -2.06. The summed E-state index contributed by atoms with van der Waals surface area (Å²) < 4.78 is 26.5. The van der Waals surface area contributed by atoms with Crippen LogP contribution in [0.2, 0.25) is 0 Å². The largest absolute Gasteiger partial charge is 0.322 e. The standard InChI is InChI=1S/C14H8F2N2O/c15-10-2-1-3-11(7-10)18-14(19)12-5-4-9(8-17)6-13(12)16/h1-7H,(H,18,19). The van der Waals surface area contributed by atoms with Gasteiger partial charge in [-0.3, -0.25) is 4.79 Å². The van der Waals surface area contributed by atoms with Crippen LogP contribution in [0.4, 0.5) is 14.5 Å². The number of benzene rings is 2. The van der Waals surface area contributed by atoms with Crippen LogP contribution in [0.1, 0.15) is 15.9 Å². The van der Waals surface area contributed by atoms with Crippen LogP contribution in [0.3, 0.4) is 0 Å². The van der Waals surface area contributed by atoms with Gasteiger partial charge in [-0.25, -0.2) is 8.78 Å². The molecule has 0 aliphatic carbocycles. The lowest BCUT2D eigenvalue weighted by atomic mass is 10.1. The molecule has 1 N–H and O–H groups in total. The molecule has 2 aromatic carbocycles. The molecule has 2 aromatic rings. The summed E-state index contributed by atoms with van der Waals surface area (Å²) in [6, 6.07) is 10.6. The van der Waals surface area contributed by atoms with E-state index in [4.69, 9.17) is 5.26 Å². The molecule has 0 aliphatic rings. The zero-order valence-electron chi connectivity index (χ0n) is 9.65. The van der Waals surface area contributed by atoms with Crippen LogP contribution in [0.5, 0.6) is 0 Å². The van der Waals surface area contributed by atoms with Gasteiger partial charge < -0.3 is 5.32 Å². The second-order valence-electron chi connectivity index (χ2n) is 3.77. The summed E-state index contributed by atoms with van der Waals surface area (Å²) in [4.78, 5) is 11.8. The molecular weight excluding hydrogens is 250 g/mol. The third-order valence-electron chi connectivity index (χ3n) is 2.43. The molecule has 0 fully saturated rings. The Morgan fingerprint density at radius 3 is 2.58 bits per heavy atom. The summed E-state index contributed by atoms with van der Waals surface area (Å²) in [7, 11) is 0. The first-order chi connectivity index (χ1) is 9.10. The molecule has 1 amide bonds. The highest BCUT2D eigenvalue weighted by molar-refractivity contribution is 6.04. The van der Waals surface area contributed by atoms with Gasteiger partial charge >= 0.3 is 0 Å². The van der Waals surface area contributed by atoms with Crippen molar-refractivity contribution in [2.75, 3.05) is 5.32 Å². The van der Waals surface area contributed by atoms with E-state index in [2.05, 4.69) is 5.32 Å². The first kappa shape index (κ1) is 12.7. The molecule has 3 nitrogen and oxygen atoms in total. The maximum Gasteiger partial charge on any atom is 0.258 e. The van der Waals surface area contributed by atoms with Crippen molar-refractivity contribution in [2.24, 2.45) is 0 Å². The molecule has 0 saturated heterocycles. The Morgan fingerprint density at radius 1 is 1.16 bits per heavy atom. The average Bonchev–Trinajstić information content (AvgIpc) is 2.38. The van der Waals surface area contributed by atoms with E-state index in [0.717, 1.165) is 12.1 Å². The highest BCUT2D eigenvalue weighted by Crippen LogP contribution is 2.14. The van der Waals surface area contributed by atoms with Crippen LogP contribution in [-0.4, -0.2) is 5.91 Å². The molecule has 0 bridgehead atoms. The Bertz CT molecular complexity index is 677.